The first-order valence-corrected chi connectivity index (χ1v) is 10.9. The number of esters is 3. The molecular formula is C22H22BrNO8. The molecule has 3 atom stereocenters. The average molecular weight is 508 g/mol. The van der Waals surface area contributed by atoms with Gasteiger partial charge < -0.3 is 23.7 Å². The first-order valence-electron chi connectivity index (χ1n) is 10.1. The quantitative estimate of drug-likeness (QED) is 0.445. The fourth-order valence-electron chi connectivity index (χ4n) is 4.19. The zero-order valence-corrected chi connectivity index (χ0v) is 19.3. The number of hydrogen-bond acceptors (Lipinski definition) is 9. The Hall–Kier alpha value is -2.72. The van der Waals surface area contributed by atoms with Crippen molar-refractivity contribution in [1.82, 2.24) is 4.98 Å². The summed E-state index contributed by atoms with van der Waals surface area (Å²) < 4.78 is 28.9. The Labute approximate surface area is 192 Å². The maximum atomic E-state index is 11.7. The Morgan fingerprint density at radius 3 is 2.38 bits per heavy atom. The molecule has 1 aromatic heterocycles. The largest absolute Gasteiger partial charge is 0.490 e. The predicted molar refractivity (Wildman–Crippen MR) is 114 cm³/mol. The van der Waals surface area contributed by atoms with Crippen LogP contribution >= 0.6 is 15.9 Å². The van der Waals surface area contributed by atoms with Crippen molar-refractivity contribution in [3.05, 3.63) is 34.9 Å². The summed E-state index contributed by atoms with van der Waals surface area (Å²) in [5.41, 5.74) is -0.198. The molecule has 1 unspecified atom stereocenters. The number of carbonyl (C=O) groups is 3. The lowest BCUT2D eigenvalue weighted by molar-refractivity contribution is -0.229. The van der Waals surface area contributed by atoms with Gasteiger partial charge in [0.2, 0.25) is 12.4 Å². The molecule has 0 bridgehead atoms. The lowest BCUT2D eigenvalue weighted by atomic mass is 9.73. The van der Waals surface area contributed by atoms with Crippen molar-refractivity contribution in [2.24, 2.45) is 0 Å². The summed E-state index contributed by atoms with van der Waals surface area (Å²) in [6.45, 7) is 3.70. The molecule has 0 radical (unpaired) electrons. The van der Waals surface area contributed by atoms with Crippen LogP contribution in [0, 0.1) is 0 Å². The third kappa shape index (κ3) is 4.56. The highest BCUT2D eigenvalue weighted by Crippen LogP contribution is 2.50. The summed E-state index contributed by atoms with van der Waals surface area (Å²) in [5, 5.41) is 0.972. The number of nitrogens with zero attached hydrogens (tertiary/aromatic N) is 1. The van der Waals surface area contributed by atoms with E-state index in [9.17, 15) is 14.4 Å². The number of benzene rings is 1. The number of ether oxygens (including phenoxy) is 5. The highest BCUT2D eigenvalue weighted by molar-refractivity contribution is 9.10. The van der Waals surface area contributed by atoms with E-state index in [0.29, 0.717) is 18.6 Å². The Morgan fingerprint density at radius 2 is 1.72 bits per heavy atom. The average Bonchev–Trinajstić information content (AvgIpc) is 2.93. The molecule has 32 heavy (non-hydrogen) atoms. The summed E-state index contributed by atoms with van der Waals surface area (Å²) in [7, 11) is 0. The van der Waals surface area contributed by atoms with Gasteiger partial charge >= 0.3 is 17.9 Å². The number of pyridine rings is 1. The molecule has 170 valence electrons. The second-order valence-corrected chi connectivity index (χ2v) is 8.84. The van der Waals surface area contributed by atoms with E-state index in [1.165, 1.54) is 20.8 Å². The maximum absolute atomic E-state index is 11.7. The van der Waals surface area contributed by atoms with E-state index in [2.05, 4.69) is 20.9 Å². The standard InChI is InChI=1S/C22H22BrNO8/c1-11(25)28-19-20(29-12(2)26)22(32-21(19)30-13(3)27)8-17(9-22)31-16-5-4-14-6-15(23)10-24-18(14)7-16/h4-7,10,17,19-21H,8-9H2,1-3H3/t17?,19-,20+,21?,22?/m1/s1. The molecule has 1 saturated carbocycles. The molecule has 1 spiro atoms. The van der Waals surface area contributed by atoms with E-state index in [1.54, 1.807) is 6.20 Å². The van der Waals surface area contributed by atoms with Crippen LogP contribution < -0.4 is 4.74 Å². The van der Waals surface area contributed by atoms with Crippen LogP contribution in [0.2, 0.25) is 0 Å². The first kappa shape index (κ1) is 22.5. The van der Waals surface area contributed by atoms with Crippen LogP contribution in [-0.2, 0) is 33.3 Å². The molecule has 2 aromatic rings. The van der Waals surface area contributed by atoms with Gasteiger partial charge in [0.15, 0.2) is 6.10 Å². The topological polar surface area (TPSA) is 110 Å². The smallest absolute Gasteiger partial charge is 0.305 e. The SMILES string of the molecule is CC(=O)OC1OC2(CC(Oc3ccc4cc(Br)cnc4c3)C2)[C@@H](OC(C)=O)[C@H]1OC(C)=O. The van der Waals surface area contributed by atoms with Gasteiger partial charge in [0.1, 0.15) is 17.5 Å². The zero-order chi connectivity index (χ0) is 23.0. The van der Waals surface area contributed by atoms with E-state index in [1.807, 2.05) is 24.3 Å². The molecule has 0 amide bonds. The highest BCUT2D eigenvalue weighted by atomic mass is 79.9. The summed E-state index contributed by atoms with van der Waals surface area (Å²) in [6.07, 6.45) is -0.989. The molecule has 1 saturated heterocycles. The minimum atomic E-state index is -1.18. The van der Waals surface area contributed by atoms with E-state index >= 15 is 0 Å². The highest BCUT2D eigenvalue weighted by Gasteiger charge is 2.66. The number of rotatable bonds is 5. The number of hydrogen-bond donors (Lipinski definition) is 0. The Kier molecular flexibility index (Phi) is 6.09. The van der Waals surface area contributed by atoms with Crippen molar-refractivity contribution in [2.45, 2.75) is 63.8 Å². The van der Waals surface area contributed by atoms with Crippen molar-refractivity contribution >= 4 is 44.7 Å². The number of halogens is 1. The molecule has 4 rings (SSSR count). The lowest BCUT2D eigenvalue weighted by Gasteiger charge is -2.46. The van der Waals surface area contributed by atoms with Crippen LogP contribution in [0.5, 0.6) is 5.75 Å². The molecule has 2 heterocycles. The van der Waals surface area contributed by atoms with Crippen molar-refractivity contribution in [3.8, 4) is 5.75 Å². The van der Waals surface area contributed by atoms with Gasteiger partial charge in [-0.15, -0.1) is 0 Å². The van der Waals surface area contributed by atoms with Gasteiger partial charge in [-0.1, -0.05) is 0 Å². The maximum Gasteiger partial charge on any atom is 0.305 e. The number of aromatic nitrogens is 1. The Bertz CT molecular complexity index is 1070. The fourth-order valence-corrected chi connectivity index (χ4v) is 4.54. The van der Waals surface area contributed by atoms with Crippen molar-refractivity contribution in [2.75, 3.05) is 0 Å². The fraction of sp³-hybridized carbons (Fsp3) is 0.455. The number of carbonyl (C=O) groups excluding carboxylic acids is 3. The minimum absolute atomic E-state index is 0.241. The monoisotopic (exact) mass is 507 g/mol. The zero-order valence-electron chi connectivity index (χ0n) is 17.7. The molecule has 2 aliphatic rings. The molecule has 2 fully saturated rings. The molecule has 0 N–H and O–H groups in total. The summed E-state index contributed by atoms with van der Waals surface area (Å²) in [6, 6.07) is 7.57. The molecule has 1 aliphatic carbocycles. The van der Waals surface area contributed by atoms with Gasteiger partial charge in [0.25, 0.3) is 0 Å². The minimum Gasteiger partial charge on any atom is -0.490 e. The van der Waals surface area contributed by atoms with Gasteiger partial charge in [-0.3, -0.25) is 19.4 Å². The normalized spacial score (nSPS) is 28.8. The Morgan fingerprint density at radius 1 is 1.03 bits per heavy atom. The van der Waals surface area contributed by atoms with Gasteiger partial charge in [0, 0.05) is 55.7 Å². The molecule has 1 aromatic carbocycles. The van der Waals surface area contributed by atoms with Crippen molar-refractivity contribution < 1.29 is 38.1 Å². The predicted octanol–water partition coefficient (Wildman–Crippen LogP) is 3.06. The lowest BCUT2D eigenvalue weighted by Crippen LogP contribution is -2.58. The van der Waals surface area contributed by atoms with Gasteiger partial charge in [-0.25, -0.2) is 0 Å². The third-order valence-corrected chi connectivity index (χ3v) is 5.82. The van der Waals surface area contributed by atoms with Crippen molar-refractivity contribution in [1.29, 1.82) is 0 Å². The van der Waals surface area contributed by atoms with E-state index in [-0.39, 0.29) is 6.10 Å². The van der Waals surface area contributed by atoms with Crippen LogP contribution in [0.25, 0.3) is 10.9 Å². The Balaban J connectivity index is 1.51. The molecule has 9 nitrogen and oxygen atoms in total. The molecular weight excluding hydrogens is 486 g/mol. The van der Waals surface area contributed by atoms with Gasteiger partial charge in [-0.2, -0.15) is 0 Å². The van der Waals surface area contributed by atoms with E-state index in [4.69, 9.17) is 23.7 Å². The summed E-state index contributed by atoms with van der Waals surface area (Å²) in [5.74, 6) is -1.13. The second-order valence-electron chi connectivity index (χ2n) is 7.92. The van der Waals surface area contributed by atoms with Gasteiger partial charge in [-0.05, 0) is 34.1 Å². The first-order chi connectivity index (χ1) is 15.1. The summed E-state index contributed by atoms with van der Waals surface area (Å²) >= 11 is 3.40. The van der Waals surface area contributed by atoms with Crippen LogP contribution in [0.15, 0.2) is 34.9 Å². The number of fused-ring (bicyclic) bond motifs is 1. The van der Waals surface area contributed by atoms with E-state index < -0.39 is 42.0 Å². The van der Waals surface area contributed by atoms with Gasteiger partial charge in [0.05, 0.1) is 5.52 Å². The van der Waals surface area contributed by atoms with Crippen molar-refractivity contribution in [3.63, 3.8) is 0 Å². The second kappa shape index (κ2) is 8.67. The van der Waals surface area contributed by atoms with Crippen LogP contribution in [-0.4, -0.2) is 53.1 Å². The summed E-state index contributed by atoms with van der Waals surface area (Å²) in [4.78, 5) is 39.3. The third-order valence-electron chi connectivity index (χ3n) is 5.38. The van der Waals surface area contributed by atoms with Crippen LogP contribution in [0.1, 0.15) is 33.6 Å². The molecule has 10 heteroatoms. The molecule has 1 aliphatic heterocycles. The van der Waals surface area contributed by atoms with Crippen LogP contribution in [0.3, 0.4) is 0 Å². The van der Waals surface area contributed by atoms with E-state index in [0.717, 1.165) is 15.4 Å². The van der Waals surface area contributed by atoms with Crippen LogP contribution in [0.4, 0.5) is 0 Å².